The van der Waals surface area contributed by atoms with Gasteiger partial charge in [-0.1, -0.05) is 6.07 Å². The van der Waals surface area contributed by atoms with Gasteiger partial charge in [-0.05, 0) is 18.7 Å². The number of fused-ring (bicyclic) bond motifs is 1. The summed E-state index contributed by atoms with van der Waals surface area (Å²) in [4.78, 5) is 8.86. The number of pyridine rings is 1. The molecule has 5 nitrogen and oxygen atoms in total. The van der Waals surface area contributed by atoms with Crippen molar-refractivity contribution < 1.29 is 0 Å². The van der Waals surface area contributed by atoms with Crippen LogP contribution in [0.2, 0.25) is 0 Å². The van der Waals surface area contributed by atoms with Crippen molar-refractivity contribution in [2.24, 2.45) is 5.73 Å². The van der Waals surface area contributed by atoms with Crippen LogP contribution >= 0.6 is 0 Å². The van der Waals surface area contributed by atoms with Gasteiger partial charge in [0.1, 0.15) is 5.65 Å². The number of nitrogens with zero attached hydrogens (tertiary/aromatic N) is 4. The molecular weight excluding hydrogens is 226 g/mol. The van der Waals surface area contributed by atoms with E-state index in [1.165, 1.54) is 0 Å². The lowest BCUT2D eigenvalue weighted by Crippen LogP contribution is -2.02. The van der Waals surface area contributed by atoms with Gasteiger partial charge < -0.3 is 14.7 Å². The third-order valence-corrected chi connectivity index (χ3v) is 2.85. The van der Waals surface area contributed by atoms with E-state index in [9.17, 15) is 0 Å². The van der Waals surface area contributed by atoms with E-state index in [2.05, 4.69) is 9.97 Å². The van der Waals surface area contributed by atoms with Crippen molar-refractivity contribution in [1.29, 1.82) is 0 Å². The Morgan fingerprint density at radius 2 is 2.11 bits per heavy atom. The third-order valence-electron chi connectivity index (χ3n) is 2.85. The van der Waals surface area contributed by atoms with E-state index in [-0.39, 0.29) is 0 Å². The van der Waals surface area contributed by atoms with Gasteiger partial charge in [-0.2, -0.15) is 0 Å². The summed E-state index contributed by atoms with van der Waals surface area (Å²) in [5.74, 6) is 0. The predicted octanol–water partition coefficient (Wildman–Crippen LogP) is 1.08. The van der Waals surface area contributed by atoms with Gasteiger partial charge in [-0.15, -0.1) is 0 Å². The highest BCUT2D eigenvalue weighted by Crippen LogP contribution is 2.07. The number of nitrogens with two attached hydrogens (primary N) is 1. The van der Waals surface area contributed by atoms with Gasteiger partial charge in [0.25, 0.3) is 0 Å². The minimum Gasteiger partial charge on any atom is -0.331 e. The fraction of sp³-hybridized carbons (Fsp3) is 0.231. The number of aromatic nitrogens is 4. The maximum Gasteiger partial charge on any atom is 0.137 e. The van der Waals surface area contributed by atoms with Crippen LogP contribution in [-0.2, 0) is 13.0 Å². The normalized spacial score (nSPS) is 11.2. The van der Waals surface area contributed by atoms with Gasteiger partial charge in [0, 0.05) is 25.0 Å². The molecule has 3 aromatic heterocycles. The first-order valence-corrected chi connectivity index (χ1v) is 5.98. The lowest BCUT2D eigenvalue weighted by atomic mass is 10.3. The molecule has 92 valence electrons. The first-order chi connectivity index (χ1) is 8.85. The highest BCUT2D eigenvalue weighted by atomic mass is 15.1. The van der Waals surface area contributed by atoms with E-state index in [1.807, 2.05) is 52.1 Å². The Morgan fingerprint density at radius 1 is 1.17 bits per heavy atom. The predicted molar refractivity (Wildman–Crippen MR) is 69.3 cm³/mol. The fourth-order valence-corrected chi connectivity index (χ4v) is 2.02. The molecule has 0 aromatic carbocycles. The minimum absolute atomic E-state index is 0.630. The number of imidazole rings is 2. The molecule has 0 atom stereocenters. The lowest BCUT2D eigenvalue weighted by molar-refractivity contribution is 0.777. The number of hydrogen-bond acceptors (Lipinski definition) is 3. The molecule has 3 heterocycles. The monoisotopic (exact) mass is 241 g/mol. The maximum atomic E-state index is 5.51. The molecule has 18 heavy (non-hydrogen) atoms. The van der Waals surface area contributed by atoms with E-state index in [4.69, 9.17) is 5.73 Å². The topological polar surface area (TPSA) is 61.1 Å². The molecule has 3 aromatic rings. The smallest absolute Gasteiger partial charge is 0.137 e. The second-order valence-corrected chi connectivity index (χ2v) is 4.27. The maximum absolute atomic E-state index is 5.51. The van der Waals surface area contributed by atoms with E-state index >= 15 is 0 Å². The Labute approximate surface area is 105 Å². The SMILES string of the molecule is NCCc1cn(Cc2cn3ccccc3n2)cn1. The Kier molecular flexibility index (Phi) is 2.82. The van der Waals surface area contributed by atoms with Crippen molar-refractivity contribution in [3.05, 3.63) is 54.5 Å². The molecule has 0 radical (unpaired) electrons. The Balaban J connectivity index is 1.82. The molecule has 0 saturated heterocycles. The lowest BCUT2D eigenvalue weighted by Gasteiger charge is -1.96. The van der Waals surface area contributed by atoms with Crippen LogP contribution in [0, 0.1) is 0 Å². The summed E-state index contributed by atoms with van der Waals surface area (Å²) in [6, 6.07) is 5.98. The minimum atomic E-state index is 0.630. The van der Waals surface area contributed by atoms with Crippen molar-refractivity contribution in [3.8, 4) is 0 Å². The zero-order valence-electron chi connectivity index (χ0n) is 10.0. The second kappa shape index (κ2) is 4.62. The van der Waals surface area contributed by atoms with Crippen molar-refractivity contribution in [1.82, 2.24) is 18.9 Å². The van der Waals surface area contributed by atoms with Crippen LogP contribution in [0.5, 0.6) is 0 Å². The van der Waals surface area contributed by atoms with Crippen molar-refractivity contribution in [2.45, 2.75) is 13.0 Å². The van der Waals surface area contributed by atoms with E-state index < -0.39 is 0 Å². The van der Waals surface area contributed by atoms with Gasteiger partial charge in [-0.3, -0.25) is 0 Å². The average molecular weight is 241 g/mol. The molecule has 0 spiro atoms. The van der Waals surface area contributed by atoms with Crippen LogP contribution in [0.15, 0.2) is 43.1 Å². The highest BCUT2D eigenvalue weighted by molar-refractivity contribution is 5.39. The molecule has 0 bridgehead atoms. The van der Waals surface area contributed by atoms with E-state index in [0.717, 1.165) is 30.0 Å². The Morgan fingerprint density at radius 3 is 2.94 bits per heavy atom. The summed E-state index contributed by atoms with van der Waals surface area (Å²) in [6.45, 7) is 1.37. The van der Waals surface area contributed by atoms with Crippen LogP contribution in [0.1, 0.15) is 11.4 Å². The summed E-state index contributed by atoms with van der Waals surface area (Å²) in [6.07, 6.45) is 8.71. The zero-order valence-corrected chi connectivity index (χ0v) is 10.0. The quantitative estimate of drug-likeness (QED) is 0.743. The van der Waals surface area contributed by atoms with Gasteiger partial charge in [0.15, 0.2) is 0 Å². The van der Waals surface area contributed by atoms with E-state index in [1.54, 1.807) is 0 Å². The van der Waals surface area contributed by atoms with Crippen LogP contribution in [0.4, 0.5) is 0 Å². The summed E-state index contributed by atoms with van der Waals surface area (Å²) in [5.41, 5.74) is 8.53. The average Bonchev–Trinajstić information content (AvgIpc) is 2.96. The molecule has 0 saturated carbocycles. The molecule has 0 aliphatic rings. The number of hydrogen-bond donors (Lipinski definition) is 1. The van der Waals surface area contributed by atoms with Gasteiger partial charge in [-0.25, -0.2) is 9.97 Å². The van der Waals surface area contributed by atoms with Gasteiger partial charge in [0.05, 0.1) is 24.3 Å². The van der Waals surface area contributed by atoms with Gasteiger partial charge >= 0.3 is 0 Å². The van der Waals surface area contributed by atoms with Gasteiger partial charge in [0.2, 0.25) is 0 Å². The van der Waals surface area contributed by atoms with Crippen LogP contribution in [0.25, 0.3) is 5.65 Å². The summed E-state index contributed by atoms with van der Waals surface area (Å²) in [5, 5.41) is 0. The fourth-order valence-electron chi connectivity index (χ4n) is 2.02. The molecular formula is C13H15N5. The molecule has 0 aliphatic heterocycles. The van der Waals surface area contributed by atoms with Crippen LogP contribution < -0.4 is 5.73 Å². The van der Waals surface area contributed by atoms with Crippen molar-refractivity contribution >= 4 is 5.65 Å². The highest BCUT2D eigenvalue weighted by Gasteiger charge is 2.03. The standard InChI is InChI=1S/C13H15N5/c14-5-4-11-7-17(10-15-11)8-12-9-18-6-2-1-3-13(18)16-12/h1-3,6-7,9-10H,4-5,8,14H2. The third kappa shape index (κ3) is 2.12. The molecule has 0 fully saturated rings. The van der Waals surface area contributed by atoms with Crippen LogP contribution in [0.3, 0.4) is 0 Å². The second-order valence-electron chi connectivity index (χ2n) is 4.27. The molecule has 0 aliphatic carbocycles. The summed E-state index contributed by atoms with van der Waals surface area (Å²) in [7, 11) is 0. The first-order valence-electron chi connectivity index (χ1n) is 5.98. The van der Waals surface area contributed by atoms with Crippen molar-refractivity contribution in [3.63, 3.8) is 0 Å². The largest absolute Gasteiger partial charge is 0.331 e. The summed E-state index contributed by atoms with van der Waals surface area (Å²) >= 11 is 0. The number of rotatable bonds is 4. The molecule has 5 heteroatoms. The Bertz CT molecular complexity index is 619. The Hall–Kier alpha value is -2.14. The molecule has 3 rings (SSSR count). The first kappa shape index (κ1) is 11.0. The summed E-state index contributed by atoms with van der Waals surface area (Å²) < 4.78 is 4.06. The molecule has 2 N–H and O–H groups in total. The molecule has 0 amide bonds. The van der Waals surface area contributed by atoms with E-state index in [0.29, 0.717) is 6.54 Å². The van der Waals surface area contributed by atoms with Crippen LogP contribution in [-0.4, -0.2) is 25.5 Å². The van der Waals surface area contributed by atoms with Crippen molar-refractivity contribution in [2.75, 3.05) is 6.54 Å². The molecule has 0 unspecified atom stereocenters. The zero-order chi connectivity index (χ0) is 12.4.